The van der Waals surface area contributed by atoms with Crippen LogP contribution in [-0.4, -0.2) is 19.2 Å². The van der Waals surface area contributed by atoms with Gasteiger partial charge >= 0.3 is 0 Å². The molecule has 0 amide bonds. The van der Waals surface area contributed by atoms with Gasteiger partial charge in [0.15, 0.2) is 0 Å². The van der Waals surface area contributed by atoms with Gasteiger partial charge in [-0.2, -0.15) is 0 Å². The SMILES string of the molecule is COc1cc(OC)c(N)c(-c2ncc(C(C)(C)C)o2)c1. The molecule has 0 saturated carbocycles. The average molecular weight is 276 g/mol. The van der Waals surface area contributed by atoms with Crippen LogP contribution >= 0.6 is 0 Å². The minimum atomic E-state index is -0.108. The molecule has 0 aliphatic rings. The minimum absolute atomic E-state index is 0.108. The van der Waals surface area contributed by atoms with Crippen LogP contribution in [0.1, 0.15) is 26.5 Å². The van der Waals surface area contributed by atoms with Gasteiger partial charge in [0.2, 0.25) is 5.89 Å². The number of anilines is 1. The first-order chi connectivity index (χ1) is 9.36. The first-order valence-corrected chi connectivity index (χ1v) is 6.35. The van der Waals surface area contributed by atoms with Crippen LogP contribution in [0.2, 0.25) is 0 Å². The van der Waals surface area contributed by atoms with Gasteiger partial charge in [-0.1, -0.05) is 20.8 Å². The summed E-state index contributed by atoms with van der Waals surface area (Å²) in [5.74, 6) is 2.44. The maximum absolute atomic E-state index is 6.09. The molecule has 20 heavy (non-hydrogen) atoms. The highest BCUT2D eigenvalue weighted by Gasteiger charge is 2.21. The van der Waals surface area contributed by atoms with Crippen LogP contribution in [0.5, 0.6) is 11.5 Å². The van der Waals surface area contributed by atoms with Gasteiger partial charge in [0, 0.05) is 11.5 Å². The Morgan fingerprint density at radius 2 is 1.85 bits per heavy atom. The molecule has 0 aliphatic heterocycles. The highest BCUT2D eigenvalue weighted by Crippen LogP contribution is 2.38. The van der Waals surface area contributed by atoms with Gasteiger partial charge in [0.1, 0.15) is 17.3 Å². The van der Waals surface area contributed by atoms with Crippen LogP contribution < -0.4 is 15.2 Å². The predicted octanol–water partition coefficient (Wildman–Crippen LogP) is 3.24. The van der Waals surface area contributed by atoms with Crippen molar-refractivity contribution in [3.63, 3.8) is 0 Å². The van der Waals surface area contributed by atoms with Crippen molar-refractivity contribution < 1.29 is 13.9 Å². The first-order valence-electron chi connectivity index (χ1n) is 6.35. The minimum Gasteiger partial charge on any atom is -0.497 e. The number of hydrogen-bond donors (Lipinski definition) is 1. The molecule has 1 aromatic carbocycles. The lowest BCUT2D eigenvalue weighted by Crippen LogP contribution is -2.09. The summed E-state index contributed by atoms with van der Waals surface area (Å²) in [6.45, 7) is 6.19. The van der Waals surface area contributed by atoms with E-state index >= 15 is 0 Å². The summed E-state index contributed by atoms with van der Waals surface area (Å²) in [6.07, 6.45) is 1.72. The topological polar surface area (TPSA) is 70.5 Å². The number of nitrogens with two attached hydrogens (primary N) is 1. The predicted molar refractivity (Wildman–Crippen MR) is 78.2 cm³/mol. The monoisotopic (exact) mass is 276 g/mol. The molecular formula is C15H20N2O3. The third-order valence-electron chi connectivity index (χ3n) is 3.05. The molecule has 2 N–H and O–H groups in total. The maximum atomic E-state index is 6.09. The van der Waals surface area contributed by atoms with Crippen molar-refractivity contribution in [2.45, 2.75) is 26.2 Å². The molecule has 0 atom stereocenters. The van der Waals surface area contributed by atoms with Crippen molar-refractivity contribution in [1.82, 2.24) is 4.98 Å². The van der Waals surface area contributed by atoms with Gasteiger partial charge in [-0.15, -0.1) is 0 Å². The normalized spacial score (nSPS) is 11.4. The summed E-state index contributed by atoms with van der Waals surface area (Å²) in [5, 5.41) is 0. The van der Waals surface area contributed by atoms with Crippen LogP contribution in [0.3, 0.4) is 0 Å². The Hall–Kier alpha value is -2.17. The molecule has 0 spiro atoms. The number of methoxy groups -OCH3 is 2. The molecular weight excluding hydrogens is 256 g/mol. The maximum Gasteiger partial charge on any atom is 0.228 e. The lowest BCUT2D eigenvalue weighted by Gasteiger charge is -2.14. The first kappa shape index (κ1) is 14.2. The number of benzene rings is 1. The van der Waals surface area contributed by atoms with E-state index in [4.69, 9.17) is 19.6 Å². The number of nitrogens with zero attached hydrogens (tertiary/aromatic N) is 1. The van der Waals surface area contributed by atoms with E-state index in [2.05, 4.69) is 25.8 Å². The van der Waals surface area contributed by atoms with Crippen LogP contribution in [0.4, 0.5) is 5.69 Å². The summed E-state index contributed by atoms with van der Waals surface area (Å²) < 4.78 is 16.3. The molecule has 2 rings (SSSR count). The van der Waals surface area contributed by atoms with Crippen molar-refractivity contribution in [2.75, 3.05) is 20.0 Å². The molecule has 2 aromatic rings. The summed E-state index contributed by atoms with van der Waals surface area (Å²) in [5.41, 5.74) is 7.12. The molecule has 5 nitrogen and oxygen atoms in total. The van der Waals surface area contributed by atoms with E-state index in [9.17, 15) is 0 Å². The largest absolute Gasteiger partial charge is 0.497 e. The number of aromatic nitrogens is 1. The summed E-state index contributed by atoms with van der Waals surface area (Å²) >= 11 is 0. The Morgan fingerprint density at radius 3 is 2.35 bits per heavy atom. The second-order valence-corrected chi connectivity index (χ2v) is 5.57. The second-order valence-electron chi connectivity index (χ2n) is 5.57. The van der Waals surface area contributed by atoms with Crippen molar-refractivity contribution >= 4 is 5.69 Å². The second kappa shape index (κ2) is 5.07. The number of rotatable bonds is 3. The van der Waals surface area contributed by atoms with Crippen molar-refractivity contribution in [3.8, 4) is 23.0 Å². The van der Waals surface area contributed by atoms with E-state index in [-0.39, 0.29) is 5.41 Å². The van der Waals surface area contributed by atoms with E-state index in [0.717, 1.165) is 5.76 Å². The molecule has 0 unspecified atom stereocenters. The molecule has 1 heterocycles. The van der Waals surface area contributed by atoms with E-state index in [1.165, 1.54) is 0 Å². The number of hydrogen-bond acceptors (Lipinski definition) is 5. The fraction of sp³-hybridized carbons (Fsp3) is 0.400. The van der Waals surface area contributed by atoms with E-state index in [1.807, 2.05) is 0 Å². The third-order valence-corrected chi connectivity index (χ3v) is 3.05. The standard InChI is InChI=1S/C15H20N2O3/c1-15(2,3)12-8-17-14(20-12)10-6-9(18-4)7-11(19-5)13(10)16/h6-8H,16H2,1-5H3. The van der Waals surface area contributed by atoms with Crippen LogP contribution in [0, 0.1) is 0 Å². The van der Waals surface area contributed by atoms with Gasteiger partial charge in [0.25, 0.3) is 0 Å². The molecule has 1 aromatic heterocycles. The Bertz CT molecular complexity index is 612. The van der Waals surface area contributed by atoms with Crippen LogP contribution in [-0.2, 0) is 5.41 Å². The Labute approximate surface area is 118 Å². The summed E-state index contributed by atoms with van der Waals surface area (Å²) in [7, 11) is 3.15. The number of ether oxygens (including phenoxy) is 2. The molecule has 0 aliphatic carbocycles. The number of nitrogen functional groups attached to an aromatic ring is 1. The Balaban J connectivity index is 2.54. The fourth-order valence-electron chi connectivity index (χ4n) is 1.81. The van der Waals surface area contributed by atoms with Gasteiger partial charge < -0.3 is 19.6 Å². The molecule has 108 valence electrons. The number of oxazole rings is 1. The summed E-state index contributed by atoms with van der Waals surface area (Å²) in [4.78, 5) is 4.31. The van der Waals surface area contributed by atoms with Crippen LogP contribution in [0.25, 0.3) is 11.5 Å². The zero-order valence-corrected chi connectivity index (χ0v) is 12.5. The quantitative estimate of drug-likeness (QED) is 0.871. The third kappa shape index (κ3) is 2.57. The van der Waals surface area contributed by atoms with Crippen molar-refractivity contribution in [2.24, 2.45) is 0 Å². The van der Waals surface area contributed by atoms with E-state index in [1.54, 1.807) is 32.5 Å². The van der Waals surface area contributed by atoms with Gasteiger partial charge in [0.05, 0.1) is 31.7 Å². The molecule has 0 radical (unpaired) electrons. The fourth-order valence-corrected chi connectivity index (χ4v) is 1.81. The Kier molecular flexibility index (Phi) is 3.61. The highest BCUT2D eigenvalue weighted by molar-refractivity contribution is 5.78. The van der Waals surface area contributed by atoms with Crippen LogP contribution in [0.15, 0.2) is 22.7 Å². The van der Waals surface area contributed by atoms with Gasteiger partial charge in [-0.05, 0) is 6.07 Å². The summed E-state index contributed by atoms with van der Waals surface area (Å²) in [6, 6.07) is 3.52. The van der Waals surface area contributed by atoms with Gasteiger partial charge in [-0.25, -0.2) is 4.98 Å². The zero-order chi connectivity index (χ0) is 14.9. The van der Waals surface area contributed by atoms with Crippen molar-refractivity contribution in [3.05, 3.63) is 24.1 Å². The zero-order valence-electron chi connectivity index (χ0n) is 12.5. The highest BCUT2D eigenvalue weighted by atomic mass is 16.5. The van der Waals surface area contributed by atoms with Gasteiger partial charge in [-0.3, -0.25) is 0 Å². The molecule has 5 heteroatoms. The molecule has 0 fully saturated rings. The van der Waals surface area contributed by atoms with E-state index in [0.29, 0.717) is 28.6 Å². The average Bonchev–Trinajstić information content (AvgIpc) is 2.88. The Morgan fingerprint density at radius 1 is 1.15 bits per heavy atom. The molecule has 0 saturated heterocycles. The lowest BCUT2D eigenvalue weighted by atomic mass is 9.94. The smallest absolute Gasteiger partial charge is 0.228 e. The van der Waals surface area contributed by atoms with E-state index < -0.39 is 0 Å². The lowest BCUT2D eigenvalue weighted by molar-refractivity contribution is 0.394. The van der Waals surface area contributed by atoms with Crippen molar-refractivity contribution in [1.29, 1.82) is 0 Å². The molecule has 0 bridgehead atoms.